The topological polar surface area (TPSA) is 95.6 Å². The summed E-state index contributed by atoms with van der Waals surface area (Å²) in [7, 11) is 0. The first-order valence-corrected chi connectivity index (χ1v) is 11.8. The molecule has 3 N–H and O–H groups in total. The summed E-state index contributed by atoms with van der Waals surface area (Å²) in [6, 6.07) is 25.5. The van der Waals surface area contributed by atoms with E-state index in [1.807, 2.05) is 85.8 Å². The van der Waals surface area contributed by atoms with Gasteiger partial charge >= 0.3 is 5.97 Å². The minimum absolute atomic E-state index is 0.423. The van der Waals surface area contributed by atoms with Crippen molar-refractivity contribution in [2.75, 3.05) is 6.54 Å². The van der Waals surface area contributed by atoms with Gasteiger partial charge in [0.15, 0.2) is 5.76 Å². The third kappa shape index (κ3) is 4.63. The van der Waals surface area contributed by atoms with Gasteiger partial charge in [0.2, 0.25) is 0 Å². The molecule has 0 saturated heterocycles. The lowest BCUT2D eigenvalue weighted by Crippen LogP contribution is -2.21. The molecule has 1 aliphatic carbocycles. The average Bonchev–Trinajstić information content (AvgIpc) is 3.63. The van der Waals surface area contributed by atoms with E-state index in [-0.39, 0.29) is 0 Å². The summed E-state index contributed by atoms with van der Waals surface area (Å²) in [6.45, 7) is 2.87. The Morgan fingerprint density at radius 1 is 0.971 bits per heavy atom. The third-order valence-corrected chi connectivity index (χ3v) is 6.89. The van der Waals surface area contributed by atoms with Crippen LogP contribution in [0.3, 0.4) is 0 Å². The summed E-state index contributed by atoms with van der Waals surface area (Å²) in [6.07, 6.45) is 0.820. The number of aliphatic carboxylic acids is 1. The molecular weight excluding hydrogens is 440 g/mol. The summed E-state index contributed by atoms with van der Waals surface area (Å²) in [5.41, 5.74) is 5.84. The molecule has 1 saturated carbocycles. The second kappa shape index (κ2) is 9.49. The molecule has 1 heterocycles. The molecule has 4 aromatic rings. The molecule has 1 aliphatic rings. The lowest BCUT2D eigenvalue weighted by Gasteiger charge is -2.12. The van der Waals surface area contributed by atoms with Crippen LogP contribution in [0.5, 0.6) is 0 Å². The zero-order chi connectivity index (χ0) is 24.4. The number of hydrogen-bond donors (Lipinski definition) is 3. The van der Waals surface area contributed by atoms with Crippen LogP contribution < -0.4 is 5.32 Å². The fourth-order valence-corrected chi connectivity index (χ4v) is 4.50. The van der Waals surface area contributed by atoms with Gasteiger partial charge in [-0.1, -0.05) is 84.0 Å². The number of rotatable bonds is 9. The molecule has 0 spiro atoms. The van der Waals surface area contributed by atoms with Crippen molar-refractivity contribution in [2.45, 2.75) is 37.8 Å². The van der Waals surface area contributed by atoms with Crippen molar-refractivity contribution in [1.82, 2.24) is 10.5 Å². The first kappa shape index (κ1) is 23.0. The maximum Gasteiger partial charge on any atom is 0.314 e. The van der Waals surface area contributed by atoms with Gasteiger partial charge in [-0.3, -0.25) is 4.79 Å². The van der Waals surface area contributed by atoms with Crippen LogP contribution in [0.25, 0.3) is 22.5 Å². The standard InChI is InChI=1S/C29H28N2O4/c1-19-25(17-30-18-26(32)22-5-3-2-4-6-22)27(35-31-19)23-9-7-20(8-10-23)21-11-13-24(14-12-21)29(15-16-29)28(33)34/h2-14,26,30,32H,15-18H2,1H3,(H,33,34). The molecule has 0 aliphatic heterocycles. The molecule has 3 aromatic carbocycles. The van der Waals surface area contributed by atoms with E-state index in [9.17, 15) is 15.0 Å². The van der Waals surface area contributed by atoms with Crippen LogP contribution in [-0.4, -0.2) is 27.9 Å². The predicted molar refractivity (Wildman–Crippen MR) is 134 cm³/mol. The largest absolute Gasteiger partial charge is 0.481 e. The highest BCUT2D eigenvalue weighted by molar-refractivity contribution is 5.85. The summed E-state index contributed by atoms with van der Waals surface area (Å²) < 4.78 is 5.64. The Kier molecular flexibility index (Phi) is 6.24. The van der Waals surface area contributed by atoms with Crippen LogP contribution in [0.15, 0.2) is 83.4 Å². The highest BCUT2D eigenvalue weighted by Crippen LogP contribution is 2.48. The van der Waals surface area contributed by atoms with Crippen LogP contribution >= 0.6 is 0 Å². The number of aryl methyl sites for hydroxylation is 1. The van der Waals surface area contributed by atoms with Crippen molar-refractivity contribution < 1.29 is 19.5 Å². The number of nitrogens with zero attached hydrogens (tertiary/aromatic N) is 1. The van der Waals surface area contributed by atoms with Crippen LogP contribution in [-0.2, 0) is 16.8 Å². The van der Waals surface area contributed by atoms with E-state index in [2.05, 4.69) is 10.5 Å². The number of aliphatic hydroxyl groups excluding tert-OH is 1. The van der Waals surface area contributed by atoms with Crippen LogP contribution in [0.2, 0.25) is 0 Å². The Bertz CT molecular complexity index is 1310. The lowest BCUT2D eigenvalue weighted by atomic mass is 9.93. The first-order chi connectivity index (χ1) is 17.0. The van der Waals surface area contributed by atoms with Crippen molar-refractivity contribution in [3.63, 3.8) is 0 Å². The van der Waals surface area contributed by atoms with Crippen molar-refractivity contribution in [2.24, 2.45) is 0 Å². The van der Waals surface area contributed by atoms with Gasteiger partial charge < -0.3 is 20.1 Å². The van der Waals surface area contributed by atoms with E-state index in [1.54, 1.807) is 0 Å². The lowest BCUT2D eigenvalue weighted by molar-refractivity contribution is -0.140. The van der Waals surface area contributed by atoms with E-state index >= 15 is 0 Å². The van der Waals surface area contributed by atoms with E-state index in [0.717, 1.165) is 39.1 Å². The molecule has 1 aromatic heterocycles. The second-order valence-corrected chi connectivity index (χ2v) is 9.18. The molecule has 1 fully saturated rings. The number of carbonyl (C=O) groups is 1. The van der Waals surface area contributed by atoms with Crippen molar-refractivity contribution in [3.05, 3.63) is 101 Å². The van der Waals surface area contributed by atoms with E-state index < -0.39 is 17.5 Å². The number of aromatic nitrogens is 1. The zero-order valence-corrected chi connectivity index (χ0v) is 19.6. The van der Waals surface area contributed by atoms with Gasteiger partial charge in [-0.15, -0.1) is 0 Å². The molecule has 6 heteroatoms. The van der Waals surface area contributed by atoms with Crippen molar-refractivity contribution in [1.29, 1.82) is 0 Å². The SMILES string of the molecule is Cc1noc(-c2ccc(-c3ccc(C4(C(=O)O)CC4)cc3)cc2)c1CNCC(O)c1ccccc1. The summed E-state index contributed by atoms with van der Waals surface area (Å²) in [5.74, 6) is -0.0277. The zero-order valence-electron chi connectivity index (χ0n) is 19.6. The smallest absolute Gasteiger partial charge is 0.314 e. The van der Waals surface area contributed by atoms with E-state index in [0.29, 0.717) is 31.7 Å². The minimum atomic E-state index is -0.739. The first-order valence-electron chi connectivity index (χ1n) is 11.8. The molecule has 1 atom stereocenters. The van der Waals surface area contributed by atoms with Gasteiger partial charge in [0.25, 0.3) is 0 Å². The Balaban J connectivity index is 1.27. The Morgan fingerprint density at radius 3 is 2.17 bits per heavy atom. The highest BCUT2D eigenvalue weighted by atomic mass is 16.5. The maximum absolute atomic E-state index is 11.6. The molecule has 1 unspecified atom stereocenters. The Labute approximate surface area is 204 Å². The maximum atomic E-state index is 11.6. The van der Waals surface area contributed by atoms with E-state index in [1.165, 1.54) is 0 Å². The molecule has 6 nitrogen and oxygen atoms in total. The van der Waals surface area contributed by atoms with Gasteiger partial charge in [-0.05, 0) is 42.0 Å². The molecule has 0 radical (unpaired) electrons. The fraction of sp³-hybridized carbons (Fsp3) is 0.241. The normalized spacial score (nSPS) is 15.0. The molecule has 178 valence electrons. The quantitative estimate of drug-likeness (QED) is 0.310. The number of benzene rings is 3. The fourth-order valence-electron chi connectivity index (χ4n) is 4.50. The minimum Gasteiger partial charge on any atom is -0.481 e. The summed E-state index contributed by atoms with van der Waals surface area (Å²) >= 11 is 0. The number of carboxylic acid groups (broad SMARTS) is 1. The monoisotopic (exact) mass is 468 g/mol. The Morgan fingerprint density at radius 2 is 1.57 bits per heavy atom. The van der Waals surface area contributed by atoms with Gasteiger partial charge in [-0.2, -0.15) is 0 Å². The highest BCUT2D eigenvalue weighted by Gasteiger charge is 2.51. The number of aliphatic hydroxyl groups is 1. The van der Waals surface area contributed by atoms with Crippen LogP contribution in [0.4, 0.5) is 0 Å². The van der Waals surface area contributed by atoms with Gasteiger partial charge in [0, 0.05) is 24.2 Å². The second-order valence-electron chi connectivity index (χ2n) is 9.18. The summed E-state index contributed by atoms with van der Waals surface area (Å²) in [4.78, 5) is 11.6. The molecule has 35 heavy (non-hydrogen) atoms. The van der Waals surface area contributed by atoms with Gasteiger partial charge in [-0.25, -0.2) is 0 Å². The van der Waals surface area contributed by atoms with Crippen molar-refractivity contribution in [3.8, 4) is 22.5 Å². The molecule has 0 amide bonds. The van der Waals surface area contributed by atoms with Crippen LogP contribution in [0, 0.1) is 6.92 Å². The molecule has 0 bridgehead atoms. The molecule has 5 rings (SSSR count). The van der Waals surface area contributed by atoms with Crippen molar-refractivity contribution >= 4 is 5.97 Å². The van der Waals surface area contributed by atoms with E-state index in [4.69, 9.17) is 4.52 Å². The third-order valence-electron chi connectivity index (χ3n) is 6.89. The van der Waals surface area contributed by atoms with Gasteiger partial charge in [0.1, 0.15) is 0 Å². The molecular formula is C29H28N2O4. The van der Waals surface area contributed by atoms with Crippen LogP contribution in [0.1, 0.15) is 41.3 Å². The predicted octanol–water partition coefficient (Wildman–Crippen LogP) is 5.26. The average molecular weight is 469 g/mol. The summed E-state index contributed by atoms with van der Waals surface area (Å²) in [5, 5.41) is 27.4. The number of hydrogen-bond acceptors (Lipinski definition) is 5. The Hall–Kier alpha value is -3.74. The number of nitrogens with one attached hydrogen (secondary N) is 1. The number of carboxylic acids is 1. The van der Waals surface area contributed by atoms with Gasteiger partial charge in [0.05, 0.1) is 17.2 Å².